The third-order valence-electron chi connectivity index (χ3n) is 6.46. The molecule has 2 bridgehead atoms. The molecule has 4 rings (SSSR count). The molecule has 6 nitrogen and oxygen atoms in total. The second kappa shape index (κ2) is 11.9. The fourth-order valence-electron chi connectivity index (χ4n) is 4.96. The molecule has 2 atom stereocenters. The molecule has 0 aliphatic carbocycles. The number of piperazine rings is 1. The van der Waals surface area contributed by atoms with E-state index in [1.807, 2.05) is 11.0 Å². The van der Waals surface area contributed by atoms with Crippen LogP contribution in [-0.4, -0.2) is 66.4 Å². The quantitative estimate of drug-likeness (QED) is 0.688. The van der Waals surface area contributed by atoms with Gasteiger partial charge in [0.2, 0.25) is 11.8 Å². The van der Waals surface area contributed by atoms with E-state index in [2.05, 4.69) is 39.8 Å². The second-order valence-electron chi connectivity index (χ2n) is 8.60. The third kappa shape index (κ3) is 6.84. The van der Waals surface area contributed by atoms with Crippen LogP contribution in [0.5, 0.6) is 0 Å². The largest absolute Gasteiger partial charge is 0.347 e. The van der Waals surface area contributed by atoms with Gasteiger partial charge in [0.1, 0.15) is 0 Å². The van der Waals surface area contributed by atoms with Gasteiger partial charge in [0, 0.05) is 51.2 Å². The van der Waals surface area contributed by atoms with Crippen molar-refractivity contribution in [3.05, 3.63) is 35.9 Å². The lowest BCUT2D eigenvalue weighted by Crippen LogP contribution is -2.51. The highest BCUT2D eigenvalue weighted by Crippen LogP contribution is 2.32. The minimum Gasteiger partial charge on any atom is -0.347 e. The molecule has 30 heavy (non-hydrogen) atoms. The minimum absolute atomic E-state index is 0. The summed E-state index contributed by atoms with van der Waals surface area (Å²) < 4.78 is 0. The smallest absolute Gasteiger partial charge is 0.242 e. The summed E-state index contributed by atoms with van der Waals surface area (Å²) in [6.45, 7) is 4.30. The predicted molar refractivity (Wildman–Crippen MR) is 123 cm³/mol. The topological polar surface area (TPSA) is 64.7 Å². The molecule has 2 amide bonds. The Hall–Kier alpha value is -1.34. The number of hydrogen-bond donors (Lipinski definition) is 2. The zero-order valence-electron chi connectivity index (χ0n) is 17.4. The van der Waals surface area contributed by atoms with Crippen molar-refractivity contribution in [2.24, 2.45) is 5.92 Å². The van der Waals surface area contributed by atoms with Crippen molar-refractivity contribution in [2.45, 2.75) is 50.7 Å². The van der Waals surface area contributed by atoms with Crippen molar-refractivity contribution in [1.82, 2.24) is 20.4 Å². The Balaban J connectivity index is 0.00000160. The van der Waals surface area contributed by atoms with Gasteiger partial charge in [-0.25, -0.2) is 0 Å². The molecule has 3 aliphatic heterocycles. The van der Waals surface area contributed by atoms with Crippen LogP contribution in [0, 0.1) is 5.92 Å². The van der Waals surface area contributed by atoms with Gasteiger partial charge in [-0.15, -0.1) is 24.8 Å². The van der Waals surface area contributed by atoms with E-state index in [1.165, 1.54) is 18.4 Å². The monoisotopic (exact) mass is 456 g/mol. The number of carbonyl (C=O) groups is 2. The van der Waals surface area contributed by atoms with Crippen molar-refractivity contribution >= 4 is 36.6 Å². The van der Waals surface area contributed by atoms with Gasteiger partial charge in [-0.2, -0.15) is 0 Å². The predicted octanol–water partition coefficient (Wildman–Crippen LogP) is 2.21. The van der Waals surface area contributed by atoms with E-state index in [0.29, 0.717) is 24.4 Å². The van der Waals surface area contributed by atoms with Gasteiger partial charge in [0.05, 0.1) is 6.54 Å². The summed E-state index contributed by atoms with van der Waals surface area (Å²) in [5, 5.41) is 6.47. The first-order valence-electron chi connectivity index (χ1n) is 10.7. The summed E-state index contributed by atoms with van der Waals surface area (Å²) in [4.78, 5) is 29.0. The van der Waals surface area contributed by atoms with E-state index in [-0.39, 0.29) is 43.2 Å². The summed E-state index contributed by atoms with van der Waals surface area (Å²) >= 11 is 0. The summed E-state index contributed by atoms with van der Waals surface area (Å²) in [7, 11) is 0. The van der Waals surface area contributed by atoms with Crippen LogP contribution in [0.4, 0.5) is 0 Å². The van der Waals surface area contributed by atoms with E-state index in [9.17, 15) is 9.59 Å². The van der Waals surface area contributed by atoms with E-state index in [4.69, 9.17) is 0 Å². The molecule has 1 aromatic rings. The summed E-state index contributed by atoms with van der Waals surface area (Å²) in [6, 6.07) is 11.6. The summed E-state index contributed by atoms with van der Waals surface area (Å²) in [5.41, 5.74) is 1.31. The maximum atomic E-state index is 12.5. The van der Waals surface area contributed by atoms with Crippen LogP contribution in [0.1, 0.15) is 37.7 Å². The standard InChI is InChI=1S/C22H32N4O2.2ClH/c27-21(14-18-12-19-6-7-20(13-18)24-19)23-15-22(28)26-10-8-25(9-11-26)16-17-4-2-1-3-5-17;;/h1-5,18-20,24H,6-16H2,(H,23,27);2*1H. The molecular formula is C22H34Cl2N4O2. The highest BCUT2D eigenvalue weighted by Gasteiger charge is 2.34. The number of rotatable bonds is 6. The van der Waals surface area contributed by atoms with Crippen LogP contribution in [0.3, 0.4) is 0 Å². The number of benzene rings is 1. The Kier molecular flexibility index (Phi) is 9.88. The lowest BCUT2D eigenvalue weighted by Gasteiger charge is -2.35. The number of piperidine rings is 1. The van der Waals surface area contributed by atoms with Crippen molar-refractivity contribution in [3.63, 3.8) is 0 Å². The lowest BCUT2D eigenvalue weighted by molar-refractivity contribution is -0.134. The van der Waals surface area contributed by atoms with Crippen LogP contribution in [-0.2, 0) is 16.1 Å². The van der Waals surface area contributed by atoms with Crippen LogP contribution in [0.2, 0.25) is 0 Å². The van der Waals surface area contributed by atoms with Gasteiger partial charge in [0.15, 0.2) is 0 Å². The number of hydrogen-bond acceptors (Lipinski definition) is 4. The van der Waals surface area contributed by atoms with Crippen LogP contribution < -0.4 is 10.6 Å². The zero-order chi connectivity index (χ0) is 19.3. The molecule has 3 heterocycles. The first kappa shape index (κ1) is 24.9. The molecule has 2 N–H and O–H groups in total. The van der Waals surface area contributed by atoms with Gasteiger partial charge < -0.3 is 15.5 Å². The Morgan fingerprint density at radius 1 is 0.967 bits per heavy atom. The molecule has 0 radical (unpaired) electrons. The van der Waals surface area contributed by atoms with Crippen molar-refractivity contribution in [3.8, 4) is 0 Å². The summed E-state index contributed by atoms with van der Waals surface area (Å²) in [6.07, 6.45) is 5.25. The molecule has 0 spiro atoms. The van der Waals surface area contributed by atoms with Crippen molar-refractivity contribution in [1.29, 1.82) is 0 Å². The molecule has 8 heteroatoms. The average molecular weight is 457 g/mol. The van der Waals surface area contributed by atoms with Gasteiger partial charge >= 0.3 is 0 Å². The molecular weight excluding hydrogens is 423 g/mol. The lowest BCUT2D eigenvalue weighted by atomic mass is 9.89. The Morgan fingerprint density at radius 2 is 1.60 bits per heavy atom. The first-order valence-corrected chi connectivity index (χ1v) is 10.7. The highest BCUT2D eigenvalue weighted by atomic mass is 35.5. The van der Waals surface area contributed by atoms with Gasteiger partial charge in [0.25, 0.3) is 0 Å². The average Bonchev–Trinajstić information content (AvgIpc) is 3.05. The molecule has 3 aliphatic rings. The zero-order valence-corrected chi connectivity index (χ0v) is 19.1. The van der Waals surface area contributed by atoms with Crippen LogP contribution in [0.25, 0.3) is 0 Å². The normalized spacial score (nSPS) is 25.7. The van der Waals surface area contributed by atoms with Crippen molar-refractivity contribution in [2.75, 3.05) is 32.7 Å². The van der Waals surface area contributed by atoms with Gasteiger partial charge in [-0.05, 0) is 37.2 Å². The number of halogens is 2. The number of carbonyl (C=O) groups excluding carboxylic acids is 2. The maximum Gasteiger partial charge on any atom is 0.242 e. The van der Waals surface area contributed by atoms with Crippen LogP contribution in [0.15, 0.2) is 30.3 Å². The fraction of sp³-hybridized carbons (Fsp3) is 0.636. The Morgan fingerprint density at radius 3 is 2.23 bits per heavy atom. The Labute approximate surface area is 192 Å². The summed E-state index contributed by atoms with van der Waals surface area (Å²) in [5.74, 6) is 0.538. The van der Waals surface area contributed by atoms with E-state index < -0.39 is 0 Å². The number of nitrogens with zero attached hydrogens (tertiary/aromatic N) is 2. The number of amides is 2. The maximum absolute atomic E-state index is 12.5. The highest BCUT2D eigenvalue weighted by molar-refractivity contribution is 5.86. The molecule has 0 aromatic heterocycles. The SMILES string of the molecule is Cl.Cl.O=C(CC1CC2CCC(C1)N2)NCC(=O)N1CCN(Cc2ccccc2)CC1. The van der Waals surface area contributed by atoms with E-state index >= 15 is 0 Å². The molecule has 0 saturated carbocycles. The molecule has 1 aromatic carbocycles. The molecule has 2 unspecified atom stereocenters. The Bertz CT molecular complexity index is 671. The molecule has 3 saturated heterocycles. The van der Waals surface area contributed by atoms with Crippen molar-refractivity contribution < 1.29 is 9.59 Å². The van der Waals surface area contributed by atoms with Crippen LogP contribution >= 0.6 is 24.8 Å². The third-order valence-corrected chi connectivity index (χ3v) is 6.46. The van der Waals surface area contributed by atoms with Gasteiger partial charge in [-0.3, -0.25) is 14.5 Å². The molecule has 168 valence electrons. The van der Waals surface area contributed by atoms with Gasteiger partial charge in [-0.1, -0.05) is 30.3 Å². The fourth-order valence-corrected chi connectivity index (χ4v) is 4.96. The number of nitrogens with one attached hydrogen (secondary N) is 2. The minimum atomic E-state index is 0. The second-order valence-corrected chi connectivity index (χ2v) is 8.60. The van der Waals surface area contributed by atoms with E-state index in [0.717, 1.165) is 45.6 Å². The molecule has 3 fully saturated rings. The van der Waals surface area contributed by atoms with E-state index in [1.54, 1.807) is 0 Å². The first-order chi connectivity index (χ1) is 13.7. The number of fused-ring (bicyclic) bond motifs is 2.